The monoisotopic (exact) mass is 325 g/mol. The van der Waals surface area contributed by atoms with Crippen LogP contribution in [0.15, 0.2) is 15.7 Å². The van der Waals surface area contributed by atoms with E-state index in [2.05, 4.69) is 5.32 Å². The first-order valence-corrected chi connectivity index (χ1v) is 7.94. The normalized spacial score (nSPS) is 19.9. The van der Waals surface area contributed by atoms with Crippen molar-refractivity contribution in [3.8, 4) is 0 Å². The van der Waals surface area contributed by atoms with E-state index in [1.54, 1.807) is 4.90 Å². The zero-order valence-corrected chi connectivity index (χ0v) is 12.8. The number of sulfonamides is 1. The Kier molecular flexibility index (Phi) is 5.34. The van der Waals surface area contributed by atoms with Crippen molar-refractivity contribution in [2.24, 2.45) is 5.14 Å². The van der Waals surface area contributed by atoms with Crippen molar-refractivity contribution in [3.63, 3.8) is 0 Å². The molecule has 1 aliphatic rings. The summed E-state index contributed by atoms with van der Waals surface area (Å²) < 4.78 is 22.3. The van der Waals surface area contributed by atoms with Gasteiger partial charge in [0.1, 0.15) is 4.21 Å². The summed E-state index contributed by atoms with van der Waals surface area (Å²) in [5.41, 5.74) is 0.387. The second-order valence-electron chi connectivity index (χ2n) is 4.31. The van der Waals surface area contributed by atoms with Crippen molar-refractivity contribution in [2.45, 2.75) is 17.2 Å². The molecule has 3 N–H and O–H groups in total. The van der Waals surface area contributed by atoms with E-state index in [1.165, 1.54) is 11.4 Å². The van der Waals surface area contributed by atoms with Gasteiger partial charge in [-0.3, -0.25) is 4.79 Å². The third-order valence-corrected chi connectivity index (χ3v) is 5.14. The van der Waals surface area contributed by atoms with Crippen LogP contribution >= 0.6 is 23.7 Å². The van der Waals surface area contributed by atoms with Crippen LogP contribution in [0.25, 0.3) is 0 Å². The molecule has 2 heterocycles. The molecular formula is C10H16ClN3O3S2. The van der Waals surface area contributed by atoms with Crippen LogP contribution in [0.1, 0.15) is 17.3 Å². The highest BCUT2D eigenvalue weighted by Crippen LogP contribution is 2.20. The number of rotatable bonds is 2. The SMILES string of the molecule is CC1CN(C(=O)c2csc(S(N)(=O)=O)c2)CCN1.Cl. The summed E-state index contributed by atoms with van der Waals surface area (Å²) in [5.74, 6) is -0.144. The standard InChI is InChI=1S/C10H15N3O3S2.ClH/c1-7-5-13(3-2-12-7)10(14)8-4-9(17-6-8)18(11,15)16;/h4,6-7,12H,2-3,5H2,1H3,(H2,11,15,16);1H. The molecule has 1 atom stereocenters. The molecule has 0 radical (unpaired) electrons. The number of halogens is 1. The number of amides is 1. The summed E-state index contributed by atoms with van der Waals surface area (Å²) in [7, 11) is -3.72. The molecule has 19 heavy (non-hydrogen) atoms. The van der Waals surface area contributed by atoms with Gasteiger partial charge in [-0.15, -0.1) is 23.7 Å². The lowest BCUT2D eigenvalue weighted by Gasteiger charge is -2.31. The fourth-order valence-corrected chi connectivity index (χ4v) is 3.46. The van der Waals surface area contributed by atoms with Gasteiger partial charge >= 0.3 is 0 Å². The van der Waals surface area contributed by atoms with Gasteiger partial charge in [-0.2, -0.15) is 0 Å². The predicted molar refractivity (Wildman–Crippen MR) is 76.3 cm³/mol. The maximum absolute atomic E-state index is 12.2. The van der Waals surface area contributed by atoms with Crippen LogP contribution in [0.3, 0.4) is 0 Å². The van der Waals surface area contributed by atoms with Crippen LogP contribution in [0, 0.1) is 0 Å². The number of piperazine rings is 1. The van der Waals surface area contributed by atoms with E-state index in [4.69, 9.17) is 5.14 Å². The van der Waals surface area contributed by atoms with Crippen molar-refractivity contribution >= 4 is 39.7 Å². The Hall–Kier alpha value is -0.670. The van der Waals surface area contributed by atoms with Crippen LogP contribution in [0.4, 0.5) is 0 Å². The summed E-state index contributed by atoms with van der Waals surface area (Å²) in [6.45, 7) is 4.00. The fourth-order valence-electron chi connectivity index (χ4n) is 1.88. The van der Waals surface area contributed by atoms with Gasteiger partial charge in [0.05, 0.1) is 5.56 Å². The maximum atomic E-state index is 12.2. The van der Waals surface area contributed by atoms with Gasteiger partial charge < -0.3 is 10.2 Å². The van der Waals surface area contributed by atoms with Gasteiger partial charge in [-0.05, 0) is 13.0 Å². The largest absolute Gasteiger partial charge is 0.336 e. The first-order chi connectivity index (χ1) is 8.38. The van der Waals surface area contributed by atoms with E-state index in [0.717, 1.165) is 17.9 Å². The molecule has 6 nitrogen and oxygen atoms in total. The van der Waals surface area contributed by atoms with E-state index >= 15 is 0 Å². The minimum absolute atomic E-state index is 0. The average molecular weight is 326 g/mol. The van der Waals surface area contributed by atoms with Gasteiger partial charge in [0.2, 0.25) is 10.0 Å². The van der Waals surface area contributed by atoms with Crippen LogP contribution in [-0.2, 0) is 10.0 Å². The van der Waals surface area contributed by atoms with Crippen molar-refractivity contribution in [3.05, 3.63) is 17.0 Å². The molecule has 1 amide bonds. The highest BCUT2D eigenvalue weighted by Gasteiger charge is 2.23. The molecular weight excluding hydrogens is 310 g/mol. The van der Waals surface area contributed by atoms with Crippen molar-refractivity contribution in [2.75, 3.05) is 19.6 Å². The third-order valence-electron chi connectivity index (χ3n) is 2.76. The molecule has 2 rings (SSSR count). The molecule has 0 saturated carbocycles. The minimum atomic E-state index is -3.72. The Labute approximate surface area is 122 Å². The Bertz CT molecular complexity index is 558. The molecule has 0 bridgehead atoms. The number of thiophene rings is 1. The fraction of sp³-hybridized carbons (Fsp3) is 0.500. The van der Waals surface area contributed by atoms with E-state index in [0.29, 0.717) is 18.7 Å². The lowest BCUT2D eigenvalue weighted by atomic mass is 10.2. The molecule has 1 aromatic rings. The lowest BCUT2D eigenvalue weighted by molar-refractivity contribution is 0.0709. The molecule has 1 saturated heterocycles. The van der Waals surface area contributed by atoms with Crippen LogP contribution in [0.2, 0.25) is 0 Å². The molecule has 1 aromatic heterocycles. The van der Waals surface area contributed by atoms with Gasteiger partial charge in [0.25, 0.3) is 5.91 Å². The first kappa shape index (κ1) is 16.4. The molecule has 0 aliphatic carbocycles. The Morgan fingerprint density at radius 3 is 2.79 bits per heavy atom. The number of nitrogens with zero attached hydrogens (tertiary/aromatic N) is 1. The zero-order chi connectivity index (χ0) is 13.3. The van der Waals surface area contributed by atoms with Gasteiger partial charge in [0, 0.05) is 31.1 Å². The van der Waals surface area contributed by atoms with Crippen molar-refractivity contribution in [1.82, 2.24) is 10.2 Å². The highest BCUT2D eigenvalue weighted by molar-refractivity contribution is 7.91. The Morgan fingerprint density at radius 2 is 2.26 bits per heavy atom. The maximum Gasteiger partial charge on any atom is 0.254 e. The summed E-state index contributed by atoms with van der Waals surface area (Å²) in [5, 5.41) is 9.80. The third kappa shape index (κ3) is 3.90. The minimum Gasteiger partial charge on any atom is -0.336 e. The highest BCUT2D eigenvalue weighted by atomic mass is 35.5. The smallest absolute Gasteiger partial charge is 0.254 e. The molecule has 1 unspecified atom stereocenters. The number of nitrogens with one attached hydrogen (secondary N) is 1. The predicted octanol–water partition coefficient (Wildman–Crippen LogP) is 0.251. The average Bonchev–Trinajstić information content (AvgIpc) is 2.77. The van der Waals surface area contributed by atoms with Crippen LogP contribution in [-0.4, -0.2) is 44.9 Å². The number of hydrogen-bond donors (Lipinski definition) is 2. The van der Waals surface area contributed by atoms with Gasteiger partial charge in [-0.25, -0.2) is 13.6 Å². The number of carbonyl (C=O) groups is 1. The van der Waals surface area contributed by atoms with Crippen molar-refractivity contribution < 1.29 is 13.2 Å². The summed E-state index contributed by atoms with van der Waals surface area (Å²) in [4.78, 5) is 13.9. The van der Waals surface area contributed by atoms with Gasteiger partial charge in [-0.1, -0.05) is 0 Å². The number of carbonyl (C=O) groups excluding carboxylic acids is 1. The zero-order valence-electron chi connectivity index (χ0n) is 10.3. The molecule has 9 heteroatoms. The second-order valence-corrected chi connectivity index (χ2v) is 7.01. The number of primary sulfonamides is 1. The van der Waals surface area contributed by atoms with Crippen LogP contribution < -0.4 is 10.5 Å². The van der Waals surface area contributed by atoms with E-state index in [-0.39, 0.29) is 28.6 Å². The van der Waals surface area contributed by atoms with Crippen LogP contribution in [0.5, 0.6) is 0 Å². The summed E-state index contributed by atoms with van der Waals surface area (Å²) >= 11 is 0.974. The molecule has 1 fully saturated rings. The topological polar surface area (TPSA) is 92.5 Å². The lowest BCUT2D eigenvalue weighted by Crippen LogP contribution is -2.51. The van der Waals surface area contributed by atoms with Gasteiger partial charge in [0.15, 0.2) is 0 Å². The molecule has 0 spiro atoms. The quantitative estimate of drug-likeness (QED) is 0.815. The van der Waals surface area contributed by atoms with Crippen molar-refractivity contribution in [1.29, 1.82) is 0 Å². The Balaban J connectivity index is 0.00000180. The molecule has 0 aromatic carbocycles. The molecule has 1 aliphatic heterocycles. The number of nitrogens with two attached hydrogens (primary N) is 1. The first-order valence-electron chi connectivity index (χ1n) is 5.52. The molecule has 108 valence electrons. The second kappa shape index (κ2) is 6.19. The van der Waals surface area contributed by atoms with E-state index in [9.17, 15) is 13.2 Å². The summed E-state index contributed by atoms with van der Waals surface area (Å²) in [6, 6.07) is 1.59. The Morgan fingerprint density at radius 1 is 1.58 bits per heavy atom. The van der Waals surface area contributed by atoms with E-state index < -0.39 is 10.0 Å². The number of hydrogen-bond acceptors (Lipinski definition) is 5. The summed E-state index contributed by atoms with van der Waals surface area (Å²) in [6.07, 6.45) is 0. The van der Waals surface area contributed by atoms with E-state index in [1.807, 2.05) is 6.92 Å².